The van der Waals surface area contributed by atoms with Gasteiger partial charge in [0.1, 0.15) is 0 Å². The number of hydrogen-bond donors (Lipinski definition) is 0. The lowest BCUT2D eigenvalue weighted by Gasteiger charge is -2.33. The Morgan fingerprint density at radius 2 is 1.51 bits per heavy atom. The second-order valence-electron chi connectivity index (χ2n) is 8.76. The van der Waals surface area contributed by atoms with Crippen LogP contribution in [0.3, 0.4) is 0 Å². The average Bonchev–Trinajstić information content (AvgIpc) is 2.91. The smallest absolute Gasteiger partial charge is 0.352 e. The quantitative estimate of drug-likeness (QED) is 0.490. The number of benzene rings is 2. The van der Waals surface area contributed by atoms with Crippen molar-refractivity contribution < 1.29 is 19.1 Å². The Kier molecular flexibility index (Phi) is 7.42. The zero-order chi connectivity index (χ0) is 26.7. The first-order valence-corrected chi connectivity index (χ1v) is 11.8. The molecule has 0 saturated carbocycles. The summed E-state index contributed by atoms with van der Waals surface area (Å²) in [6.07, 6.45) is 0. The average molecular weight is 508 g/mol. The maximum absolute atomic E-state index is 13.5. The minimum absolute atomic E-state index is 0.0356. The highest BCUT2D eigenvalue weighted by Gasteiger charge is 2.28. The van der Waals surface area contributed by atoms with Gasteiger partial charge in [-0.05, 0) is 24.6 Å². The number of carbonyl (C=O) groups is 2. The van der Waals surface area contributed by atoms with Gasteiger partial charge in [0.2, 0.25) is 11.6 Å². The number of aryl methyl sites for hydroxylation is 1. The zero-order valence-electron chi connectivity index (χ0n) is 21.3. The first-order valence-electron chi connectivity index (χ1n) is 11.8. The van der Waals surface area contributed by atoms with Crippen LogP contribution in [0, 0.1) is 6.92 Å². The molecule has 1 aromatic heterocycles. The monoisotopic (exact) mass is 507 g/mol. The Hall–Kier alpha value is -4.41. The molecule has 0 atom stereocenters. The first kappa shape index (κ1) is 25.7. The lowest BCUT2D eigenvalue weighted by atomic mass is 10.1. The van der Waals surface area contributed by atoms with Crippen molar-refractivity contribution in [3.63, 3.8) is 0 Å². The Morgan fingerprint density at radius 1 is 0.892 bits per heavy atom. The molecule has 1 aliphatic heterocycles. The number of amides is 2. The van der Waals surface area contributed by atoms with E-state index in [1.54, 1.807) is 23.1 Å². The Labute approximate surface area is 213 Å². The van der Waals surface area contributed by atoms with Gasteiger partial charge in [-0.3, -0.25) is 19.0 Å². The maximum Gasteiger partial charge on any atom is 0.352 e. The summed E-state index contributed by atoms with van der Waals surface area (Å²) < 4.78 is 12.7. The van der Waals surface area contributed by atoms with Gasteiger partial charge < -0.3 is 19.3 Å². The molecule has 1 fully saturated rings. The first-order chi connectivity index (χ1) is 17.7. The van der Waals surface area contributed by atoms with Crippen molar-refractivity contribution in [2.75, 3.05) is 40.4 Å². The van der Waals surface area contributed by atoms with E-state index in [-0.39, 0.29) is 31.2 Å². The standard InChI is InChI=1S/C26H29N5O6/c1-17-5-7-19(8-6-17)16-30-25(34)23(24(33)29-13-11-28(12-14-29)18(2)32)27-31(26(30)35)20-9-10-21(36-3)22(15-20)37-4/h5-10,15H,11-14,16H2,1-4H3. The summed E-state index contributed by atoms with van der Waals surface area (Å²) >= 11 is 0. The number of piperazine rings is 1. The van der Waals surface area contributed by atoms with E-state index in [1.165, 1.54) is 26.0 Å². The highest BCUT2D eigenvalue weighted by Crippen LogP contribution is 2.28. The van der Waals surface area contributed by atoms with Crippen molar-refractivity contribution in [3.8, 4) is 17.2 Å². The summed E-state index contributed by atoms with van der Waals surface area (Å²) in [5.41, 5.74) is 0.211. The van der Waals surface area contributed by atoms with Gasteiger partial charge in [-0.1, -0.05) is 29.8 Å². The van der Waals surface area contributed by atoms with Crippen LogP contribution in [0.2, 0.25) is 0 Å². The minimum atomic E-state index is -0.777. The van der Waals surface area contributed by atoms with E-state index in [4.69, 9.17) is 9.47 Å². The Bertz CT molecular complexity index is 1440. The van der Waals surface area contributed by atoms with E-state index in [0.717, 1.165) is 20.4 Å². The molecule has 1 saturated heterocycles. The van der Waals surface area contributed by atoms with Crippen LogP contribution < -0.4 is 20.7 Å². The third kappa shape index (κ3) is 5.25. The fourth-order valence-electron chi connectivity index (χ4n) is 4.16. The van der Waals surface area contributed by atoms with E-state index in [2.05, 4.69) is 5.10 Å². The van der Waals surface area contributed by atoms with Gasteiger partial charge in [0.05, 0.1) is 26.5 Å². The molecule has 194 valence electrons. The lowest BCUT2D eigenvalue weighted by Crippen LogP contribution is -2.52. The van der Waals surface area contributed by atoms with E-state index in [1.807, 2.05) is 31.2 Å². The third-order valence-electron chi connectivity index (χ3n) is 6.35. The molecule has 11 nitrogen and oxygen atoms in total. The van der Waals surface area contributed by atoms with Gasteiger partial charge in [0.25, 0.3) is 11.5 Å². The number of nitrogens with zero attached hydrogens (tertiary/aromatic N) is 5. The molecule has 2 amide bonds. The molecular formula is C26H29N5O6. The van der Waals surface area contributed by atoms with Crippen LogP contribution >= 0.6 is 0 Å². The molecule has 0 unspecified atom stereocenters. The number of ether oxygens (including phenoxy) is 2. The molecule has 4 rings (SSSR count). The highest BCUT2D eigenvalue weighted by atomic mass is 16.5. The molecule has 0 N–H and O–H groups in total. The van der Waals surface area contributed by atoms with Gasteiger partial charge in [0, 0.05) is 39.2 Å². The summed E-state index contributed by atoms with van der Waals surface area (Å²) in [6.45, 7) is 4.60. The molecule has 0 spiro atoms. The van der Waals surface area contributed by atoms with Crippen molar-refractivity contribution >= 4 is 11.8 Å². The van der Waals surface area contributed by atoms with E-state index in [0.29, 0.717) is 30.3 Å². The van der Waals surface area contributed by atoms with Crippen molar-refractivity contribution in [2.45, 2.75) is 20.4 Å². The molecule has 2 heterocycles. The van der Waals surface area contributed by atoms with E-state index < -0.39 is 17.2 Å². The van der Waals surface area contributed by atoms with Crippen molar-refractivity contribution in [1.82, 2.24) is 24.1 Å². The van der Waals surface area contributed by atoms with Crippen LogP contribution in [0.4, 0.5) is 0 Å². The van der Waals surface area contributed by atoms with Crippen LogP contribution in [0.15, 0.2) is 52.1 Å². The van der Waals surface area contributed by atoms with Crippen molar-refractivity contribution in [3.05, 3.63) is 80.1 Å². The number of methoxy groups -OCH3 is 2. The number of rotatable bonds is 6. The highest BCUT2D eigenvalue weighted by molar-refractivity contribution is 5.92. The van der Waals surface area contributed by atoms with Crippen LogP contribution in [0.1, 0.15) is 28.5 Å². The van der Waals surface area contributed by atoms with Crippen LogP contribution in [-0.4, -0.2) is 76.4 Å². The summed E-state index contributed by atoms with van der Waals surface area (Å²) in [5.74, 6) is 0.137. The number of aromatic nitrogens is 3. The fraction of sp³-hybridized carbons (Fsp3) is 0.346. The summed E-state index contributed by atoms with van der Waals surface area (Å²) in [7, 11) is 2.96. The lowest BCUT2D eigenvalue weighted by molar-refractivity contribution is -0.130. The second kappa shape index (κ2) is 10.7. The molecule has 2 aromatic carbocycles. The molecule has 0 aliphatic carbocycles. The SMILES string of the molecule is COc1ccc(-n2nc(C(=O)N3CCN(C(C)=O)CC3)c(=O)n(Cc3ccc(C)cc3)c2=O)cc1OC. The Balaban J connectivity index is 1.82. The van der Waals surface area contributed by atoms with Crippen molar-refractivity contribution in [2.24, 2.45) is 0 Å². The molecule has 3 aromatic rings. The number of carbonyl (C=O) groups excluding carboxylic acids is 2. The van der Waals surface area contributed by atoms with Crippen LogP contribution in [-0.2, 0) is 11.3 Å². The van der Waals surface area contributed by atoms with Crippen LogP contribution in [0.5, 0.6) is 11.5 Å². The molecule has 0 radical (unpaired) electrons. The largest absolute Gasteiger partial charge is 0.493 e. The van der Waals surface area contributed by atoms with E-state index >= 15 is 0 Å². The summed E-state index contributed by atoms with van der Waals surface area (Å²) in [4.78, 5) is 55.2. The van der Waals surface area contributed by atoms with Gasteiger partial charge in [-0.2, -0.15) is 9.78 Å². The normalized spacial score (nSPS) is 13.4. The van der Waals surface area contributed by atoms with Crippen molar-refractivity contribution in [1.29, 1.82) is 0 Å². The van der Waals surface area contributed by atoms with Crippen LogP contribution in [0.25, 0.3) is 5.69 Å². The maximum atomic E-state index is 13.5. The Morgan fingerprint density at radius 3 is 2.11 bits per heavy atom. The summed E-state index contributed by atoms with van der Waals surface area (Å²) in [6, 6.07) is 12.2. The van der Waals surface area contributed by atoms with Gasteiger partial charge >= 0.3 is 5.69 Å². The molecule has 1 aliphatic rings. The summed E-state index contributed by atoms with van der Waals surface area (Å²) in [5, 5.41) is 4.22. The van der Waals surface area contributed by atoms with Gasteiger partial charge in [-0.25, -0.2) is 4.79 Å². The second-order valence-corrected chi connectivity index (χ2v) is 8.76. The topological polar surface area (TPSA) is 116 Å². The number of hydrogen-bond acceptors (Lipinski definition) is 7. The van der Waals surface area contributed by atoms with Gasteiger partial charge in [0.15, 0.2) is 11.5 Å². The zero-order valence-corrected chi connectivity index (χ0v) is 21.3. The van der Waals surface area contributed by atoms with Gasteiger partial charge in [-0.15, -0.1) is 0 Å². The van der Waals surface area contributed by atoms with E-state index in [9.17, 15) is 19.2 Å². The molecule has 37 heavy (non-hydrogen) atoms. The molecule has 11 heteroatoms. The predicted molar refractivity (Wildman–Crippen MR) is 136 cm³/mol. The fourth-order valence-corrected chi connectivity index (χ4v) is 4.16. The predicted octanol–water partition coefficient (Wildman–Crippen LogP) is 1.07. The third-order valence-corrected chi connectivity index (χ3v) is 6.35. The molecular weight excluding hydrogens is 478 g/mol. The molecule has 0 bridgehead atoms. The minimum Gasteiger partial charge on any atom is -0.493 e.